The van der Waals surface area contributed by atoms with Gasteiger partial charge in [-0.15, -0.1) is 0 Å². The molecule has 1 aliphatic heterocycles. The normalized spacial score (nSPS) is 15.0. The Bertz CT molecular complexity index is 1280. The maximum atomic E-state index is 13.4. The second kappa shape index (κ2) is 16.2. The molecule has 0 bridgehead atoms. The van der Waals surface area contributed by atoms with E-state index in [9.17, 15) is 24.0 Å². The maximum Gasteiger partial charge on any atom is 0.290 e. The van der Waals surface area contributed by atoms with Crippen molar-refractivity contribution in [3.63, 3.8) is 0 Å². The Kier molecular flexibility index (Phi) is 12.5. The van der Waals surface area contributed by atoms with E-state index >= 15 is 0 Å². The standard InChI is InChI=1S/C33H43N5O5/c1-22(2)29(30(40)33(43)34-21-28(39)38-18-12-7-13-19-38)37-31(41)24(4)36-32(42)27(20-25-14-8-5-9-15-25)35-23(3)26-16-10-6-11-17-26/h5-6,8-11,14-17,22,24,27,29,35H,3,7,12-13,18-21H2,1-2,4H3,(H,34,43)(H,36,42)(H,37,41)/t24-,27-,29-/m0/s1. The summed E-state index contributed by atoms with van der Waals surface area (Å²) in [6.07, 6.45) is 3.24. The lowest BCUT2D eigenvalue weighted by molar-refractivity contribution is -0.142. The van der Waals surface area contributed by atoms with E-state index < -0.39 is 47.5 Å². The molecule has 230 valence electrons. The van der Waals surface area contributed by atoms with Gasteiger partial charge in [0.2, 0.25) is 23.5 Å². The zero-order valence-corrected chi connectivity index (χ0v) is 25.2. The molecular weight excluding hydrogens is 546 g/mol. The molecule has 43 heavy (non-hydrogen) atoms. The lowest BCUT2D eigenvalue weighted by Crippen LogP contribution is -2.57. The SMILES string of the molecule is C=C(N[C@@H](Cc1ccccc1)C(=O)N[C@@H](C)C(=O)N[C@H](C(=O)C(=O)NCC(=O)N1CCCCC1)C(C)C)c1ccccc1. The Morgan fingerprint density at radius 2 is 1.40 bits per heavy atom. The van der Waals surface area contributed by atoms with Crippen molar-refractivity contribution in [3.8, 4) is 0 Å². The quantitative estimate of drug-likeness (QED) is 0.250. The van der Waals surface area contributed by atoms with Crippen LogP contribution in [0.4, 0.5) is 0 Å². The van der Waals surface area contributed by atoms with Gasteiger partial charge < -0.3 is 26.2 Å². The van der Waals surface area contributed by atoms with Gasteiger partial charge in [0, 0.05) is 25.2 Å². The third-order valence-corrected chi connectivity index (χ3v) is 7.40. The summed E-state index contributed by atoms with van der Waals surface area (Å²) in [5, 5.41) is 10.9. The Morgan fingerprint density at radius 3 is 2.00 bits per heavy atom. The Labute approximate surface area is 253 Å². The highest BCUT2D eigenvalue weighted by atomic mass is 16.2. The molecule has 1 fully saturated rings. The number of hydrogen-bond donors (Lipinski definition) is 4. The fraction of sp³-hybridized carbons (Fsp3) is 0.424. The van der Waals surface area contributed by atoms with Crippen molar-refractivity contribution in [3.05, 3.63) is 78.4 Å². The van der Waals surface area contributed by atoms with Crippen molar-refractivity contribution >= 4 is 35.1 Å². The first-order valence-corrected chi connectivity index (χ1v) is 14.8. The van der Waals surface area contributed by atoms with Gasteiger partial charge in [-0.25, -0.2) is 0 Å². The molecule has 10 nitrogen and oxygen atoms in total. The van der Waals surface area contributed by atoms with Gasteiger partial charge >= 0.3 is 0 Å². The van der Waals surface area contributed by atoms with E-state index in [4.69, 9.17) is 0 Å². The zero-order valence-electron chi connectivity index (χ0n) is 25.2. The van der Waals surface area contributed by atoms with Crippen LogP contribution in [0.3, 0.4) is 0 Å². The summed E-state index contributed by atoms with van der Waals surface area (Å²) < 4.78 is 0. The molecule has 2 aromatic rings. The van der Waals surface area contributed by atoms with Crippen LogP contribution in [0.5, 0.6) is 0 Å². The van der Waals surface area contributed by atoms with Crippen LogP contribution in [0.1, 0.15) is 51.2 Å². The molecule has 4 amide bonds. The number of piperidine rings is 1. The summed E-state index contributed by atoms with van der Waals surface area (Å²) in [4.78, 5) is 66.2. The number of carbonyl (C=O) groups excluding carboxylic acids is 5. The number of hydrogen-bond acceptors (Lipinski definition) is 6. The number of nitrogens with zero attached hydrogens (tertiary/aromatic N) is 1. The third kappa shape index (κ3) is 10.1. The van der Waals surface area contributed by atoms with Gasteiger partial charge in [-0.1, -0.05) is 81.1 Å². The number of likely N-dealkylation sites (tertiary alicyclic amines) is 1. The van der Waals surface area contributed by atoms with Crippen LogP contribution in [0.25, 0.3) is 5.70 Å². The van der Waals surface area contributed by atoms with Gasteiger partial charge in [0.05, 0.1) is 12.6 Å². The fourth-order valence-corrected chi connectivity index (χ4v) is 4.82. The number of nitrogens with one attached hydrogen (secondary N) is 4. The molecule has 0 spiro atoms. The summed E-state index contributed by atoms with van der Waals surface area (Å²) in [5.41, 5.74) is 2.31. The van der Waals surface area contributed by atoms with Gasteiger partial charge in [0.1, 0.15) is 12.1 Å². The third-order valence-electron chi connectivity index (χ3n) is 7.40. The minimum Gasteiger partial charge on any atom is -0.373 e. The Hall–Kier alpha value is -4.47. The molecule has 0 aromatic heterocycles. The highest BCUT2D eigenvalue weighted by Crippen LogP contribution is 2.13. The monoisotopic (exact) mass is 589 g/mol. The van der Waals surface area contributed by atoms with E-state index in [1.807, 2.05) is 60.7 Å². The van der Waals surface area contributed by atoms with Gasteiger partial charge in [0.15, 0.2) is 0 Å². The van der Waals surface area contributed by atoms with Crippen LogP contribution in [-0.4, -0.2) is 72.1 Å². The lowest BCUT2D eigenvalue weighted by Gasteiger charge is -2.27. The van der Waals surface area contributed by atoms with E-state index in [1.165, 1.54) is 6.92 Å². The zero-order chi connectivity index (χ0) is 31.4. The molecule has 4 N–H and O–H groups in total. The molecule has 0 saturated carbocycles. The number of Topliss-reactive ketones (excluding diaryl/α,β-unsaturated/α-hetero) is 1. The maximum absolute atomic E-state index is 13.4. The number of ketones is 1. The Morgan fingerprint density at radius 1 is 0.791 bits per heavy atom. The molecule has 1 aliphatic rings. The number of carbonyl (C=O) groups is 5. The summed E-state index contributed by atoms with van der Waals surface area (Å²) in [5.74, 6) is -3.48. The van der Waals surface area contributed by atoms with Gasteiger partial charge in [-0.05, 0) is 43.2 Å². The van der Waals surface area contributed by atoms with Crippen LogP contribution in [0.2, 0.25) is 0 Å². The minimum atomic E-state index is -1.13. The molecule has 10 heteroatoms. The van der Waals surface area contributed by atoms with Gasteiger partial charge in [0.25, 0.3) is 5.91 Å². The van der Waals surface area contributed by atoms with Crippen LogP contribution in [0, 0.1) is 5.92 Å². The summed E-state index contributed by atoms with van der Waals surface area (Å²) >= 11 is 0. The molecular formula is C33H43N5O5. The molecule has 3 rings (SSSR count). The Balaban J connectivity index is 1.60. The van der Waals surface area contributed by atoms with Crippen LogP contribution in [0.15, 0.2) is 67.2 Å². The largest absolute Gasteiger partial charge is 0.373 e. The van der Waals surface area contributed by atoms with Crippen molar-refractivity contribution in [2.75, 3.05) is 19.6 Å². The highest BCUT2D eigenvalue weighted by molar-refractivity contribution is 6.38. The van der Waals surface area contributed by atoms with E-state index in [2.05, 4.69) is 27.8 Å². The van der Waals surface area contributed by atoms with Crippen LogP contribution < -0.4 is 21.3 Å². The summed E-state index contributed by atoms with van der Waals surface area (Å²) in [6.45, 7) is 9.99. The first kappa shape index (κ1) is 33.0. The van der Waals surface area contributed by atoms with Crippen LogP contribution in [-0.2, 0) is 30.4 Å². The average Bonchev–Trinajstić information content (AvgIpc) is 3.02. The van der Waals surface area contributed by atoms with Gasteiger partial charge in [-0.2, -0.15) is 0 Å². The molecule has 1 saturated heterocycles. The van der Waals surface area contributed by atoms with Crippen molar-refractivity contribution in [1.82, 2.24) is 26.2 Å². The average molecular weight is 590 g/mol. The number of benzene rings is 2. The highest BCUT2D eigenvalue weighted by Gasteiger charge is 2.32. The van der Waals surface area contributed by atoms with E-state index in [0.29, 0.717) is 25.2 Å². The molecule has 2 aromatic carbocycles. The molecule has 0 unspecified atom stereocenters. The van der Waals surface area contributed by atoms with E-state index in [1.54, 1.807) is 18.7 Å². The van der Waals surface area contributed by atoms with Crippen molar-refractivity contribution < 1.29 is 24.0 Å². The minimum absolute atomic E-state index is 0.240. The predicted molar refractivity (Wildman–Crippen MR) is 165 cm³/mol. The second-order valence-electron chi connectivity index (χ2n) is 11.2. The van der Waals surface area contributed by atoms with E-state index in [-0.39, 0.29) is 12.5 Å². The topological polar surface area (TPSA) is 137 Å². The second-order valence-corrected chi connectivity index (χ2v) is 11.2. The van der Waals surface area contributed by atoms with Crippen molar-refractivity contribution in [2.24, 2.45) is 5.92 Å². The van der Waals surface area contributed by atoms with Crippen molar-refractivity contribution in [1.29, 1.82) is 0 Å². The van der Waals surface area contributed by atoms with Gasteiger partial charge in [-0.3, -0.25) is 24.0 Å². The predicted octanol–water partition coefficient (Wildman–Crippen LogP) is 2.20. The summed E-state index contributed by atoms with van der Waals surface area (Å²) in [6, 6.07) is 16.0. The van der Waals surface area contributed by atoms with Crippen LogP contribution >= 0.6 is 0 Å². The molecule has 3 atom stereocenters. The first-order chi connectivity index (χ1) is 20.6. The molecule has 0 aliphatic carbocycles. The van der Waals surface area contributed by atoms with Crippen molar-refractivity contribution in [2.45, 2.75) is 64.6 Å². The first-order valence-electron chi connectivity index (χ1n) is 14.8. The number of amides is 4. The smallest absolute Gasteiger partial charge is 0.290 e. The van der Waals surface area contributed by atoms with E-state index in [0.717, 1.165) is 30.4 Å². The fourth-order valence-electron chi connectivity index (χ4n) is 4.82. The lowest BCUT2D eigenvalue weighted by atomic mass is 9.98. The summed E-state index contributed by atoms with van der Waals surface area (Å²) in [7, 11) is 0. The number of rotatable bonds is 14. The molecule has 0 radical (unpaired) electrons. The molecule has 1 heterocycles.